The molecular formula is C27H30FN3O2. The largest absolute Gasteiger partial charge is 0.377 e. The van der Waals surface area contributed by atoms with Crippen molar-refractivity contribution in [2.75, 3.05) is 24.3 Å². The monoisotopic (exact) mass is 447 g/mol. The molecule has 0 radical (unpaired) electrons. The van der Waals surface area contributed by atoms with E-state index >= 15 is 0 Å². The molecule has 33 heavy (non-hydrogen) atoms. The van der Waals surface area contributed by atoms with E-state index in [2.05, 4.69) is 5.32 Å². The number of anilines is 2. The van der Waals surface area contributed by atoms with E-state index in [9.17, 15) is 14.0 Å². The molecule has 1 N–H and O–H groups in total. The van der Waals surface area contributed by atoms with Gasteiger partial charge >= 0.3 is 0 Å². The molecule has 3 rings (SSSR count). The summed E-state index contributed by atoms with van der Waals surface area (Å²) < 4.78 is 13.5. The van der Waals surface area contributed by atoms with E-state index in [-0.39, 0.29) is 17.5 Å². The molecule has 0 saturated carbocycles. The minimum Gasteiger partial charge on any atom is -0.377 e. The van der Waals surface area contributed by atoms with Crippen LogP contribution in [0.1, 0.15) is 45.7 Å². The molecule has 0 saturated heterocycles. The maximum absolute atomic E-state index is 13.5. The summed E-state index contributed by atoms with van der Waals surface area (Å²) in [5.74, 6) is -0.907. The van der Waals surface area contributed by atoms with Crippen molar-refractivity contribution < 1.29 is 14.0 Å². The number of halogens is 1. The second-order valence-electron chi connectivity index (χ2n) is 8.60. The second kappa shape index (κ2) is 10.3. The van der Waals surface area contributed by atoms with Crippen LogP contribution in [0.25, 0.3) is 0 Å². The van der Waals surface area contributed by atoms with Crippen LogP contribution in [-0.4, -0.2) is 36.9 Å². The number of nitrogens with one attached hydrogen (secondary N) is 1. The smallest absolute Gasteiger partial charge is 0.255 e. The lowest BCUT2D eigenvalue weighted by Crippen LogP contribution is -2.36. The third-order valence-corrected chi connectivity index (χ3v) is 5.40. The molecule has 3 aromatic rings. The summed E-state index contributed by atoms with van der Waals surface area (Å²) in [4.78, 5) is 29.7. The Morgan fingerprint density at radius 1 is 0.939 bits per heavy atom. The summed E-state index contributed by atoms with van der Waals surface area (Å²) in [5.41, 5.74) is 4.34. The van der Waals surface area contributed by atoms with Crippen LogP contribution in [-0.2, 0) is 6.54 Å². The fraction of sp³-hybridized carbons (Fsp3) is 0.259. The second-order valence-corrected chi connectivity index (χ2v) is 8.60. The molecule has 0 atom stereocenters. The predicted molar refractivity (Wildman–Crippen MR) is 131 cm³/mol. The van der Waals surface area contributed by atoms with Crippen molar-refractivity contribution >= 4 is 23.2 Å². The Bertz CT molecular complexity index is 1160. The molecule has 0 spiro atoms. The number of aryl methyl sites for hydroxylation is 1. The summed E-state index contributed by atoms with van der Waals surface area (Å²) in [7, 11) is 3.87. The Morgan fingerprint density at radius 3 is 2.27 bits per heavy atom. The van der Waals surface area contributed by atoms with E-state index in [0.29, 0.717) is 17.8 Å². The first-order valence-electron chi connectivity index (χ1n) is 10.9. The summed E-state index contributed by atoms with van der Waals surface area (Å²) in [6.07, 6.45) is 0. The molecule has 0 aromatic heterocycles. The lowest BCUT2D eigenvalue weighted by Gasteiger charge is -2.29. The van der Waals surface area contributed by atoms with E-state index in [1.54, 1.807) is 12.1 Å². The van der Waals surface area contributed by atoms with Gasteiger partial charge in [0.1, 0.15) is 5.82 Å². The Kier molecular flexibility index (Phi) is 7.48. The molecule has 3 aromatic carbocycles. The standard InChI is InChI=1S/C27H30FN3O2/c1-18(2)31(27(33)21-10-6-8-19(3)14-21)17-22-16-24(12-13-25(22)30(4)5)29-26(32)20-9-7-11-23(28)15-20/h6-16,18H,17H2,1-5H3,(H,29,32). The molecule has 0 unspecified atom stereocenters. The highest BCUT2D eigenvalue weighted by molar-refractivity contribution is 6.04. The number of hydrogen-bond acceptors (Lipinski definition) is 3. The van der Waals surface area contributed by atoms with Crippen LogP contribution in [0, 0.1) is 12.7 Å². The molecule has 0 aliphatic rings. The third-order valence-electron chi connectivity index (χ3n) is 5.40. The van der Waals surface area contributed by atoms with Gasteiger partial charge in [-0.05, 0) is 74.9 Å². The summed E-state index contributed by atoms with van der Waals surface area (Å²) in [6.45, 7) is 6.31. The highest BCUT2D eigenvalue weighted by atomic mass is 19.1. The number of carbonyl (C=O) groups excluding carboxylic acids is 2. The zero-order valence-corrected chi connectivity index (χ0v) is 19.7. The van der Waals surface area contributed by atoms with Gasteiger partial charge in [0.25, 0.3) is 11.8 Å². The van der Waals surface area contributed by atoms with Crippen molar-refractivity contribution in [3.8, 4) is 0 Å². The van der Waals surface area contributed by atoms with E-state index < -0.39 is 11.7 Å². The zero-order chi connectivity index (χ0) is 24.1. The van der Waals surface area contributed by atoms with Crippen LogP contribution in [0.15, 0.2) is 66.7 Å². The van der Waals surface area contributed by atoms with Crippen molar-refractivity contribution in [1.82, 2.24) is 4.90 Å². The Labute approximate surface area is 194 Å². The molecule has 0 aliphatic heterocycles. The molecule has 0 bridgehead atoms. The van der Waals surface area contributed by atoms with Crippen LogP contribution in [0.3, 0.4) is 0 Å². The minimum atomic E-state index is -0.464. The van der Waals surface area contributed by atoms with Gasteiger partial charge in [-0.1, -0.05) is 23.8 Å². The topological polar surface area (TPSA) is 52.7 Å². The number of nitrogens with zero attached hydrogens (tertiary/aromatic N) is 2. The van der Waals surface area contributed by atoms with Crippen LogP contribution < -0.4 is 10.2 Å². The van der Waals surface area contributed by atoms with Gasteiger partial charge in [-0.3, -0.25) is 9.59 Å². The Balaban J connectivity index is 1.90. The molecule has 2 amide bonds. The summed E-state index contributed by atoms with van der Waals surface area (Å²) in [5, 5.41) is 2.84. The quantitative estimate of drug-likeness (QED) is 0.520. The molecule has 0 heterocycles. The van der Waals surface area contributed by atoms with Crippen molar-refractivity contribution in [1.29, 1.82) is 0 Å². The number of benzene rings is 3. The molecule has 172 valence electrons. The zero-order valence-electron chi connectivity index (χ0n) is 19.7. The lowest BCUT2D eigenvalue weighted by atomic mass is 10.1. The first-order chi connectivity index (χ1) is 15.7. The normalized spacial score (nSPS) is 10.8. The first-order valence-corrected chi connectivity index (χ1v) is 10.9. The fourth-order valence-electron chi connectivity index (χ4n) is 3.68. The Hall–Kier alpha value is -3.67. The fourth-order valence-corrected chi connectivity index (χ4v) is 3.68. The summed E-state index contributed by atoms with van der Waals surface area (Å²) in [6, 6.07) is 18.7. The van der Waals surface area contributed by atoms with Gasteiger partial charge in [0.15, 0.2) is 0 Å². The van der Waals surface area contributed by atoms with Gasteiger partial charge in [0.05, 0.1) is 0 Å². The number of amides is 2. The number of hydrogen-bond donors (Lipinski definition) is 1. The van der Waals surface area contributed by atoms with Crippen molar-refractivity contribution in [2.45, 2.75) is 33.4 Å². The van der Waals surface area contributed by atoms with E-state index in [4.69, 9.17) is 0 Å². The third kappa shape index (κ3) is 5.98. The molecule has 0 aliphatic carbocycles. The van der Waals surface area contributed by atoms with Crippen molar-refractivity contribution in [3.63, 3.8) is 0 Å². The van der Waals surface area contributed by atoms with Crippen LogP contribution >= 0.6 is 0 Å². The summed E-state index contributed by atoms with van der Waals surface area (Å²) >= 11 is 0. The van der Waals surface area contributed by atoms with E-state index in [1.165, 1.54) is 18.2 Å². The molecule has 5 nitrogen and oxygen atoms in total. The van der Waals surface area contributed by atoms with Gasteiger partial charge in [0.2, 0.25) is 0 Å². The highest BCUT2D eigenvalue weighted by Gasteiger charge is 2.21. The Morgan fingerprint density at radius 2 is 1.64 bits per heavy atom. The van der Waals surface area contributed by atoms with Crippen molar-refractivity contribution in [2.24, 2.45) is 0 Å². The van der Waals surface area contributed by atoms with Crippen LogP contribution in [0.2, 0.25) is 0 Å². The van der Waals surface area contributed by atoms with Crippen LogP contribution in [0.5, 0.6) is 0 Å². The van der Waals surface area contributed by atoms with E-state index in [1.807, 2.05) is 81.1 Å². The van der Waals surface area contributed by atoms with Gasteiger partial charge in [-0.15, -0.1) is 0 Å². The maximum atomic E-state index is 13.5. The minimum absolute atomic E-state index is 0.0291. The van der Waals surface area contributed by atoms with Gasteiger partial charge < -0.3 is 15.1 Å². The number of rotatable bonds is 7. The lowest BCUT2D eigenvalue weighted by molar-refractivity contribution is 0.0690. The average molecular weight is 448 g/mol. The van der Waals surface area contributed by atoms with Gasteiger partial charge in [-0.2, -0.15) is 0 Å². The average Bonchev–Trinajstić information content (AvgIpc) is 2.76. The van der Waals surface area contributed by atoms with Gasteiger partial charge in [-0.25, -0.2) is 4.39 Å². The predicted octanol–water partition coefficient (Wildman–Crippen LogP) is 5.50. The molecule has 0 fully saturated rings. The number of carbonyl (C=O) groups is 2. The van der Waals surface area contributed by atoms with E-state index in [0.717, 1.165) is 16.8 Å². The molecule has 6 heteroatoms. The highest BCUT2D eigenvalue weighted by Crippen LogP contribution is 2.26. The van der Waals surface area contributed by atoms with Gasteiger partial charge in [0, 0.05) is 49.2 Å². The first kappa shape index (κ1) is 24.0. The maximum Gasteiger partial charge on any atom is 0.255 e. The van der Waals surface area contributed by atoms with Crippen LogP contribution in [0.4, 0.5) is 15.8 Å². The van der Waals surface area contributed by atoms with Crippen molar-refractivity contribution in [3.05, 3.63) is 94.8 Å². The molecular weight excluding hydrogens is 417 g/mol. The SMILES string of the molecule is Cc1cccc(C(=O)N(Cc2cc(NC(=O)c3cccc(F)c3)ccc2N(C)C)C(C)C)c1.